The number of imidazole rings is 1. The first-order valence-electron chi connectivity index (χ1n) is 9.97. The number of anilines is 1. The van der Waals surface area contributed by atoms with Gasteiger partial charge in [-0.3, -0.25) is 19.1 Å². The zero-order valence-corrected chi connectivity index (χ0v) is 19.4. The fourth-order valence-electron chi connectivity index (χ4n) is 3.04. The third kappa shape index (κ3) is 5.77. The predicted molar refractivity (Wildman–Crippen MR) is 123 cm³/mol. The fraction of sp³-hybridized carbons (Fsp3) is 0.250. The fourth-order valence-corrected chi connectivity index (χ4v) is 4.27. The van der Waals surface area contributed by atoms with E-state index in [2.05, 4.69) is 35.6 Å². The van der Waals surface area contributed by atoms with Crippen molar-refractivity contribution < 1.29 is 22.8 Å². The third-order valence-electron chi connectivity index (χ3n) is 4.75. The van der Waals surface area contributed by atoms with E-state index in [1.54, 1.807) is 23.9 Å². The lowest BCUT2D eigenvalue weighted by molar-refractivity contribution is -0.137. The third-order valence-corrected chi connectivity index (χ3v) is 6.43. The Bertz CT molecular complexity index is 1290. The first kappa shape index (κ1) is 24.6. The van der Waals surface area contributed by atoms with Crippen molar-refractivity contribution in [2.24, 2.45) is 4.99 Å². The summed E-state index contributed by atoms with van der Waals surface area (Å²) in [5.74, 6) is -0.859. The number of nitrogens with one attached hydrogen (secondary N) is 2. The molecule has 0 saturated heterocycles. The van der Waals surface area contributed by atoms with Crippen LogP contribution in [-0.2, 0) is 11.0 Å². The summed E-state index contributed by atoms with van der Waals surface area (Å²) in [4.78, 5) is 45.2. The van der Waals surface area contributed by atoms with Gasteiger partial charge in [0.15, 0.2) is 0 Å². The summed E-state index contributed by atoms with van der Waals surface area (Å²) in [5, 5.41) is 4.33. The Balaban J connectivity index is 1.35. The number of hydrogen-bond acceptors (Lipinski definition) is 8. The number of halogens is 4. The van der Waals surface area contributed by atoms with E-state index in [0.29, 0.717) is 16.9 Å². The second-order valence-electron chi connectivity index (χ2n) is 7.25. The molecule has 1 aliphatic rings. The molecule has 2 amide bonds. The lowest BCUT2D eigenvalue weighted by Gasteiger charge is -2.15. The highest BCUT2D eigenvalue weighted by molar-refractivity contribution is 8.15. The van der Waals surface area contributed by atoms with Crippen LogP contribution in [0.3, 0.4) is 0 Å². The van der Waals surface area contributed by atoms with Crippen molar-refractivity contribution >= 4 is 46.0 Å². The Morgan fingerprint density at radius 2 is 2.06 bits per heavy atom. The van der Waals surface area contributed by atoms with Crippen LogP contribution in [0.2, 0.25) is 5.02 Å². The monoisotopic (exact) mass is 524 g/mol. The zero-order valence-electron chi connectivity index (χ0n) is 17.8. The van der Waals surface area contributed by atoms with Crippen LogP contribution in [0.15, 0.2) is 48.4 Å². The number of aromatic nitrogens is 5. The van der Waals surface area contributed by atoms with Crippen LogP contribution in [0.1, 0.15) is 23.0 Å². The smallest absolute Gasteiger partial charge is 0.342 e. The van der Waals surface area contributed by atoms with Gasteiger partial charge in [-0.05, 0) is 13.0 Å². The van der Waals surface area contributed by atoms with Crippen molar-refractivity contribution in [2.75, 3.05) is 11.9 Å². The van der Waals surface area contributed by atoms with Crippen molar-refractivity contribution in [2.45, 2.75) is 24.4 Å². The molecule has 2 atom stereocenters. The Hall–Kier alpha value is -3.52. The molecular weight excluding hydrogens is 509 g/mol. The quantitative estimate of drug-likeness (QED) is 0.507. The van der Waals surface area contributed by atoms with E-state index in [9.17, 15) is 22.8 Å². The van der Waals surface area contributed by atoms with Crippen molar-refractivity contribution in [3.05, 3.63) is 59.7 Å². The van der Waals surface area contributed by atoms with E-state index >= 15 is 0 Å². The number of amides is 2. The van der Waals surface area contributed by atoms with Crippen LogP contribution in [0.5, 0.6) is 0 Å². The standard InChI is InChI=1S/C20H16ClF3N8O2S/c1-10(30-17(33)13-5-16(29-8-28-13)32-3-2-25-9-32)19-27-7-14(35-19)18(34)31-15-4-11(20(22,23)24)12(21)6-26-15/h2-6,8-10,14H,7H2,1H3,(H,30,33)(H,26,31,34). The van der Waals surface area contributed by atoms with Gasteiger partial charge in [0.1, 0.15) is 35.2 Å². The van der Waals surface area contributed by atoms with Gasteiger partial charge in [-0.1, -0.05) is 23.4 Å². The number of alkyl halides is 3. The van der Waals surface area contributed by atoms with E-state index in [4.69, 9.17) is 11.6 Å². The van der Waals surface area contributed by atoms with Crippen LogP contribution in [0.25, 0.3) is 5.82 Å². The van der Waals surface area contributed by atoms with Crippen LogP contribution in [0.4, 0.5) is 19.0 Å². The molecule has 0 aromatic carbocycles. The number of carbonyl (C=O) groups excluding carboxylic acids is 2. The van der Waals surface area contributed by atoms with E-state index in [1.165, 1.54) is 18.7 Å². The van der Waals surface area contributed by atoms with E-state index in [1.807, 2.05) is 0 Å². The summed E-state index contributed by atoms with van der Waals surface area (Å²) in [6.07, 6.45) is 2.17. The minimum absolute atomic E-state index is 0.0873. The predicted octanol–water partition coefficient (Wildman–Crippen LogP) is 3.00. The summed E-state index contributed by atoms with van der Waals surface area (Å²) in [5.41, 5.74) is -0.972. The maximum Gasteiger partial charge on any atom is 0.418 e. The molecule has 10 nitrogen and oxygen atoms in total. The molecular formula is C20H16ClF3N8O2S. The SMILES string of the molecule is CC(NC(=O)c1cc(-n2ccnc2)ncn1)C1=NCC(C(=O)Nc2cc(C(F)(F)F)c(Cl)cn2)S1. The van der Waals surface area contributed by atoms with Crippen molar-refractivity contribution in [3.63, 3.8) is 0 Å². The number of pyridine rings is 1. The minimum Gasteiger partial charge on any atom is -0.342 e. The Kier molecular flexibility index (Phi) is 7.03. The normalized spacial score (nSPS) is 16.5. The molecule has 0 bridgehead atoms. The van der Waals surface area contributed by atoms with Gasteiger partial charge >= 0.3 is 6.18 Å². The molecule has 1 aliphatic heterocycles. The highest BCUT2D eigenvalue weighted by Gasteiger charge is 2.35. The molecule has 2 unspecified atom stereocenters. The lowest BCUT2D eigenvalue weighted by Crippen LogP contribution is -2.38. The van der Waals surface area contributed by atoms with Crippen LogP contribution < -0.4 is 10.6 Å². The van der Waals surface area contributed by atoms with Crippen molar-refractivity contribution in [1.82, 2.24) is 29.8 Å². The molecule has 0 saturated carbocycles. The largest absolute Gasteiger partial charge is 0.418 e. The molecule has 3 aromatic rings. The molecule has 3 aromatic heterocycles. The number of thioether (sulfide) groups is 1. The molecule has 4 rings (SSSR count). The zero-order chi connectivity index (χ0) is 25.2. The van der Waals surface area contributed by atoms with Gasteiger partial charge < -0.3 is 10.6 Å². The summed E-state index contributed by atoms with van der Waals surface area (Å²) in [6, 6.07) is 1.63. The molecule has 2 N–H and O–H groups in total. The van der Waals surface area contributed by atoms with Crippen molar-refractivity contribution in [3.8, 4) is 5.82 Å². The van der Waals surface area contributed by atoms with E-state index in [0.717, 1.165) is 18.0 Å². The first-order chi connectivity index (χ1) is 16.6. The summed E-state index contributed by atoms with van der Waals surface area (Å²) >= 11 is 6.65. The van der Waals surface area contributed by atoms with Crippen LogP contribution >= 0.6 is 23.4 Å². The molecule has 182 valence electrons. The Morgan fingerprint density at radius 1 is 1.26 bits per heavy atom. The molecule has 15 heteroatoms. The molecule has 4 heterocycles. The second-order valence-corrected chi connectivity index (χ2v) is 8.88. The summed E-state index contributed by atoms with van der Waals surface area (Å²) < 4.78 is 40.7. The Labute approximate surface area is 205 Å². The van der Waals surface area contributed by atoms with Crippen LogP contribution in [-0.4, -0.2) is 59.2 Å². The topological polar surface area (TPSA) is 127 Å². The second kappa shape index (κ2) is 10.00. The van der Waals surface area contributed by atoms with Gasteiger partial charge in [0.2, 0.25) is 5.91 Å². The maximum atomic E-state index is 13.0. The maximum absolute atomic E-state index is 13.0. The summed E-state index contributed by atoms with van der Waals surface area (Å²) in [7, 11) is 0. The number of aliphatic imine (C=N–C) groups is 1. The summed E-state index contributed by atoms with van der Waals surface area (Å²) in [6.45, 7) is 1.78. The number of nitrogens with zero attached hydrogens (tertiary/aromatic N) is 6. The minimum atomic E-state index is -4.69. The molecule has 0 radical (unpaired) electrons. The first-order valence-corrected chi connectivity index (χ1v) is 11.2. The molecule has 0 spiro atoms. The molecule has 0 fully saturated rings. The van der Waals surface area contributed by atoms with Crippen molar-refractivity contribution in [1.29, 1.82) is 0 Å². The number of hydrogen-bond donors (Lipinski definition) is 2. The highest BCUT2D eigenvalue weighted by atomic mass is 35.5. The Morgan fingerprint density at radius 3 is 2.77 bits per heavy atom. The van der Waals surface area contributed by atoms with Gasteiger partial charge in [0, 0.05) is 24.7 Å². The van der Waals surface area contributed by atoms with Gasteiger partial charge in [-0.15, -0.1) is 0 Å². The number of carbonyl (C=O) groups is 2. The number of rotatable bonds is 6. The average Bonchev–Trinajstić information content (AvgIpc) is 3.52. The molecule has 35 heavy (non-hydrogen) atoms. The van der Waals surface area contributed by atoms with E-state index < -0.39 is 39.9 Å². The molecule has 0 aliphatic carbocycles. The van der Waals surface area contributed by atoms with Crippen LogP contribution in [0, 0.1) is 0 Å². The average molecular weight is 525 g/mol. The van der Waals surface area contributed by atoms with Gasteiger partial charge in [-0.2, -0.15) is 13.2 Å². The van der Waals surface area contributed by atoms with Gasteiger partial charge in [-0.25, -0.2) is 19.9 Å². The highest BCUT2D eigenvalue weighted by Crippen LogP contribution is 2.35. The van der Waals surface area contributed by atoms with Gasteiger partial charge in [0.25, 0.3) is 5.91 Å². The lowest BCUT2D eigenvalue weighted by atomic mass is 10.2. The van der Waals surface area contributed by atoms with E-state index in [-0.39, 0.29) is 18.1 Å². The van der Waals surface area contributed by atoms with Gasteiger partial charge in [0.05, 0.1) is 28.2 Å².